The van der Waals surface area contributed by atoms with Crippen molar-refractivity contribution in [2.45, 2.75) is 32.8 Å². The third-order valence-corrected chi connectivity index (χ3v) is 3.76. The molecule has 0 fully saturated rings. The van der Waals surface area contributed by atoms with Gasteiger partial charge >= 0.3 is 0 Å². The summed E-state index contributed by atoms with van der Waals surface area (Å²) in [5.41, 5.74) is 2.62. The van der Waals surface area contributed by atoms with Crippen LogP contribution in [0.25, 0.3) is 0 Å². The SMILES string of the molecule is Cc1cc(F)ccc1C(=O)c1ccc2c(c1)CC(C)(C)O2. The molecule has 3 rings (SSSR count). The lowest BCUT2D eigenvalue weighted by Gasteiger charge is -2.16. The minimum atomic E-state index is -0.326. The fraction of sp³-hybridized carbons (Fsp3) is 0.278. The van der Waals surface area contributed by atoms with Crippen LogP contribution in [0.4, 0.5) is 4.39 Å². The molecule has 21 heavy (non-hydrogen) atoms. The summed E-state index contributed by atoms with van der Waals surface area (Å²) in [7, 11) is 0. The Labute approximate surface area is 123 Å². The number of benzene rings is 2. The van der Waals surface area contributed by atoms with Crippen molar-refractivity contribution in [2.75, 3.05) is 0 Å². The van der Waals surface area contributed by atoms with E-state index in [1.807, 2.05) is 26.0 Å². The maximum atomic E-state index is 13.2. The number of hydrogen-bond donors (Lipinski definition) is 0. The molecule has 0 aromatic heterocycles. The van der Waals surface area contributed by atoms with E-state index >= 15 is 0 Å². The summed E-state index contributed by atoms with van der Waals surface area (Å²) in [6.45, 7) is 5.80. The predicted octanol–water partition coefficient (Wildman–Crippen LogP) is 4.08. The number of fused-ring (bicyclic) bond motifs is 1. The lowest BCUT2D eigenvalue weighted by Crippen LogP contribution is -2.24. The van der Waals surface area contributed by atoms with E-state index in [4.69, 9.17) is 4.74 Å². The third kappa shape index (κ3) is 2.56. The highest BCUT2D eigenvalue weighted by Crippen LogP contribution is 2.35. The third-order valence-electron chi connectivity index (χ3n) is 3.76. The molecule has 0 atom stereocenters. The molecule has 1 aliphatic rings. The maximum Gasteiger partial charge on any atom is 0.193 e. The molecule has 1 aliphatic heterocycles. The molecule has 0 aliphatic carbocycles. The topological polar surface area (TPSA) is 26.3 Å². The van der Waals surface area contributed by atoms with Crippen molar-refractivity contribution in [3.05, 3.63) is 64.5 Å². The zero-order valence-electron chi connectivity index (χ0n) is 12.4. The summed E-state index contributed by atoms with van der Waals surface area (Å²) in [5, 5.41) is 0. The first-order valence-corrected chi connectivity index (χ1v) is 6.98. The highest BCUT2D eigenvalue weighted by atomic mass is 19.1. The fourth-order valence-corrected chi connectivity index (χ4v) is 2.79. The zero-order valence-corrected chi connectivity index (χ0v) is 12.4. The van der Waals surface area contributed by atoms with Crippen LogP contribution in [0.15, 0.2) is 36.4 Å². The standard InChI is InChI=1S/C18H17FO2/c1-11-8-14(19)5-6-15(11)17(20)12-4-7-16-13(9-12)10-18(2,3)21-16/h4-9H,10H2,1-3H3. The maximum absolute atomic E-state index is 13.2. The van der Waals surface area contributed by atoms with Gasteiger partial charge in [-0.25, -0.2) is 4.39 Å². The second kappa shape index (κ2) is 4.69. The Morgan fingerprint density at radius 2 is 1.95 bits per heavy atom. The van der Waals surface area contributed by atoms with Gasteiger partial charge in [-0.2, -0.15) is 0 Å². The fourth-order valence-electron chi connectivity index (χ4n) is 2.79. The molecule has 0 unspecified atom stereocenters. The Bertz CT molecular complexity index is 732. The van der Waals surface area contributed by atoms with Crippen LogP contribution in [0.2, 0.25) is 0 Å². The number of rotatable bonds is 2. The van der Waals surface area contributed by atoms with Crippen molar-refractivity contribution >= 4 is 5.78 Å². The molecule has 0 saturated carbocycles. The van der Waals surface area contributed by atoms with E-state index in [1.165, 1.54) is 12.1 Å². The van der Waals surface area contributed by atoms with Crippen molar-refractivity contribution in [1.82, 2.24) is 0 Å². The number of hydrogen-bond acceptors (Lipinski definition) is 2. The molecule has 2 nitrogen and oxygen atoms in total. The summed E-state index contributed by atoms with van der Waals surface area (Å²) in [6.07, 6.45) is 0.784. The van der Waals surface area contributed by atoms with Gasteiger partial charge in [0.25, 0.3) is 0 Å². The van der Waals surface area contributed by atoms with Crippen LogP contribution in [-0.4, -0.2) is 11.4 Å². The number of aryl methyl sites for hydroxylation is 1. The van der Waals surface area contributed by atoms with Crippen molar-refractivity contribution in [1.29, 1.82) is 0 Å². The molecule has 0 radical (unpaired) electrons. The van der Waals surface area contributed by atoms with Gasteiger partial charge in [0.1, 0.15) is 17.2 Å². The lowest BCUT2D eigenvalue weighted by molar-refractivity contribution is 0.103. The van der Waals surface area contributed by atoms with Gasteiger partial charge in [-0.1, -0.05) is 0 Å². The first kappa shape index (κ1) is 13.8. The summed E-state index contributed by atoms with van der Waals surface area (Å²) in [5.74, 6) is 0.431. The van der Waals surface area contributed by atoms with Crippen LogP contribution in [0.3, 0.4) is 0 Å². The minimum absolute atomic E-state index is 0.0833. The van der Waals surface area contributed by atoms with Crippen LogP contribution >= 0.6 is 0 Å². The number of carbonyl (C=O) groups is 1. The monoisotopic (exact) mass is 284 g/mol. The average molecular weight is 284 g/mol. The lowest BCUT2D eigenvalue weighted by atomic mass is 9.95. The Morgan fingerprint density at radius 3 is 2.67 bits per heavy atom. The Morgan fingerprint density at radius 1 is 1.19 bits per heavy atom. The van der Waals surface area contributed by atoms with E-state index in [-0.39, 0.29) is 17.2 Å². The van der Waals surface area contributed by atoms with E-state index in [0.29, 0.717) is 16.7 Å². The van der Waals surface area contributed by atoms with Crippen LogP contribution < -0.4 is 4.74 Å². The van der Waals surface area contributed by atoms with E-state index in [2.05, 4.69) is 0 Å². The molecule has 0 spiro atoms. The first-order chi connectivity index (χ1) is 9.85. The second-order valence-corrected chi connectivity index (χ2v) is 6.15. The normalized spacial score (nSPS) is 15.4. The summed E-state index contributed by atoms with van der Waals surface area (Å²) in [6, 6.07) is 9.74. The highest BCUT2D eigenvalue weighted by molar-refractivity contribution is 6.10. The smallest absolute Gasteiger partial charge is 0.193 e. The number of ether oxygens (including phenoxy) is 1. The first-order valence-electron chi connectivity index (χ1n) is 6.98. The van der Waals surface area contributed by atoms with Crippen molar-refractivity contribution in [2.24, 2.45) is 0 Å². The molecular weight excluding hydrogens is 267 g/mol. The van der Waals surface area contributed by atoms with Crippen molar-refractivity contribution < 1.29 is 13.9 Å². The largest absolute Gasteiger partial charge is 0.487 e. The van der Waals surface area contributed by atoms with Gasteiger partial charge < -0.3 is 4.74 Å². The molecule has 108 valence electrons. The Balaban J connectivity index is 1.97. The molecule has 1 heterocycles. The van der Waals surface area contributed by atoms with Crippen molar-refractivity contribution in [3.8, 4) is 5.75 Å². The zero-order chi connectivity index (χ0) is 15.2. The Kier molecular flexibility index (Phi) is 3.08. The summed E-state index contributed by atoms with van der Waals surface area (Å²) >= 11 is 0. The van der Waals surface area contributed by atoms with Crippen LogP contribution in [0, 0.1) is 12.7 Å². The number of carbonyl (C=O) groups excluding carboxylic acids is 1. The van der Waals surface area contributed by atoms with Crippen LogP contribution in [-0.2, 0) is 6.42 Å². The van der Waals surface area contributed by atoms with Crippen molar-refractivity contribution in [3.63, 3.8) is 0 Å². The number of ketones is 1. The Hall–Kier alpha value is -2.16. The minimum Gasteiger partial charge on any atom is -0.487 e. The van der Waals surface area contributed by atoms with Gasteiger partial charge in [0.05, 0.1) is 0 Å². The van der Waals surface area contributed by atoms with E-state index in [1.54, 1.807) is 19.1 Å². The molecule has 0 saturated heterocycles. The summed E-state index contributed by atoms with van der Waals surface area (Å²) in [4.78, 5) is 12.6. The molecule has 0 amide bonds. The van der Waals surface area contributed by atoms with Gasteiger partial charge in [0, 0.05) is 17.5 Å². The van der Waals surface area contributed by atoms with Gasteiger partial charge in [0.2, 0.25) is 0 Å². The van der Waals surface area contributed by atoms with E-state index in [9.17, 15) is 9.18 Å². The quantitative estimate of drug-likeness (QED) is 0.777. The second-order valence-electron chi connectivity index (χ2n) is 6.15. The molecule has 3 heteroatoms. The number of halogens is 1. The molecule has 0 N–H and O–H groups in total. The van der Waals surface area contributed by atoms with Gasteiger partial charge in [-0.15, -0.1) is 0 Å². The van der Waals surface area contributed by atoms with Crippen LogP contribution in [0.1, 0.15) is 40.9 Å². The van der Waals surface area contributed by atoms with Gasteiger partial charge in [-0.3, -0.25) is 4.79 Å². The van der Waals surface area contributed by atoms with Crippen LogP contribution in [0.5, 0.6) is 5.75 Å². The molecule has 2 aromatic carbocycles. The molecular formula is C18H17FO2. The highest BCUT2D eigenvalue weighted by Gasteiger charge is 2.30. The average Bonchev–Trinajstić information content (AvgIpc) is 2.70. The predicted molar refractivity (Wildman–Crippen MR) is 79.4 cm³/mol. The van der Waals surface area contributed by atoms with Gasteiger partial charge in [-0.05, 0) is 68.3 Å². The summed E-state index contributed by atoms with van der Waals surface area (Å²) < 4.78 is 19.0. The molecule has 2 aromatic rings. The molecule has 0 bridgehead atoms. The van der Waals surface area contributed by atoms with E-state index < -0.39 is 0 Å². The van der Waals surface area contributed by atoms with Gasteiger partial charge in [0.15, 0.2) is 5.78 Å². The van der Waals surface area contributed by atoms with E-state index in [0.717, 1.165) is 17.7 Å².